The molecule has 3 rings (SSSR count). The highest BCUT2D eigenvalue weighted by atomic mass is 79.9. The van der Waals surface area contributed by atoms with Crippen LogP contribution in [0.3, 0.4) is 0 Å². The molecule has 0 radical (unpaired) electrons. The molecule has 9 heteroatoms. The fraction of sp³-hybridized carbons (Fsp3) is 0.190. The van der Waals surface area contributed by atoms with E-state index in [4.69, 9.17) is 16.3 Å². The average molecular weight is 511 g/mol. The number of benzene rings is 2. The number of carbonyl (C=O) groups excluding carboxylic acids is 3. The number of thioether (sulfide) groups is 1. The van der Waals surface area contributed by atoms with Crippen LogP contribution in [0.1, 0.15) is 18.1 Å². The number of imide groups is 1. The Bertz CT molecular complexity index is 1040. The summed E-state index contributed by atoms with van der Waals surface area (Å²) in [7, 11) is 1.21. The summed E-state index contributed by atoms with van der Waals surface area (Å²) in [4.78, 5) is 37.9. The average Bonchev–Trinajstić information content (AvgIpc) is 3.00. The van der Waals surface area contributed by atoms with Crippen LogP contribution < -0.4 is 4.74 Å². The van der Waals surface area contributed by atoms with Gasteiger partial charge in [-0.15, -0.1) is 0 Å². The van der Waals surface area contributed by atoms with E-state index in [1.807, 2.05) is 24.3 Å². The number of halogens is 2. The molecule has 0 N–H and O–H groups in total. The minimum atomic E-state index is -1.01. The molecule has 2 aromatic carbocycles. The van der Waals surface area contributed by atoms with Gasteiger partial charge in [0.25, 0.3) is 11.1 Å². The van der Waals surface area contributed by atoms with Gasteiger partial charge < -0.3 is 9.47 Å². The standard InChI is InChI=1S/C21H17BrClNO5S/c1-12(20(26)28-2)24-19(25)18(30-21(24)27)10-14-9-15(22)7-8-17(14)29-11-13-5-3-4-6-16(13)23/h3-10,12H,11H2,1-2H3/b18-10+/t12-/m1/s1. The lowest BCUT2D eigenvalue weighted by molar-refractivity contribution is -0.148. The number of ether oxygens (including phenoxy) is 2. The van der Waals surface area contributed by atoms with Crippen LogP contribution in [0.4, 0.5) is 4.79 Å². The molecule has 0 aromatic heterocycles. The Kier molecular flexibility index (Phi) is 7.23. The molecular formula is C21H17BrClNO5S. The van der Waals surface area contributed by atoms with E-state index in [0.29, 0.717) is 16.3 Å². The summed E-state index contributed by atoms with van der Waals surface area (Å²) < 4.78 is 11.3. The van der Waals surface area contributed by atoms with E-state index < -0.39 is 23.2 Å². The Balaban J connectivity index is 1.87. The molecule has 1 atom stereocenters. The van der Waals surface area contributed by atoms with E-state index in [2.05, 4.69) is 20.7 Å². The van der Waals surface area contributed by atoms with Crippen molar-refractivity contribution in [3.05, 3.63) is 68.0 Å². The maximum atomic E-state index is 12.7. The zero-order chi connectivity index (χ0) is 21.8. The van der Waals surface area contributed by atoms with Crippen molar-refractivity contribution >= 4 is 62.5 Å². The third kappa shape index (κ3) is 4.88. The predicted octanol–water partition coefficient (Wildman–Crippen LogP) is 5.28. The van der Waals surface area contributed by atoms with Crippen molar-refractivity contribution in [3.8, 4) is 5.75 Å². The highest BCUT2D eigenvalue weighted by molar-refractivity contribution is 9.10. The summed E-state index contributed by atoms with van der Waals surface area (Å²) >= 11 is 10.4. The first-order valence-electron chi connectivity index (χ1n) is 8.82. The van der Waals surface area contributed by atoms with Gasteiger partial charge in [0.2, 0.25) is 0 Å². The molecule has 1 aliphatic rings. The van der Waals surface area contributed by atoms with Gasteiger partial charge >= 0.3 is 5.97 Å². The van der Waals surface area contributed by atoms with Gasteiger partial charge in [0.05, 0.1) is 12.0 Å². The summed E-state index contributed by atoms with van der Waals surface area (Å²) in [5.41, 5.74) is 1.42. The Labute approximate surface area is 191 Å². The maximum absolute atomic E-state index is 12.7. The van der Waals surface area contributed by atoms with E-state index in [1.54, 1.807) is 24.3 Å². The number of amides is 2. The second-order valence-corrected chi connectivity index (χ2v) is 8.63. The quantitative estimate of drug-likeness (QED) is 0.389. The van der Waals surface area contributed by atoms with Gasteiger partial charge in [-0.2, -0.15) is 0 Å². The Hall–Kier alpha value is -2.29. The van der Waals surface area contributed by atoms with Crippen LogP contribution in [0.25, 0.3) is 6.08 Å². The molecule has 1 fully saturated rings. The van der Waals surface area contributed by atoms with Gasteiger partial charge in [0.1, 0.15) is 18.4 Å². The summed E-state index contributed by atoms with van der Waals surface area (Å²) in [6, 6.07) is 11.7. The van der Waals surface area contributed by atoms with Gasteiger partial charge in [-0.1, -0.05) is 45.7 Å². The van der Waals surface area contributed by atoms with Crippen LogP contribution in [0.2, 0.25) is 5.02 Å². The topological polar surface area (TPSA) is 72.9 Å². The lowest BCUT2D eigenvalue weighted by Crippen LogP contribution is -2.42. The van der Waals surface area contributed by atoms with E-state index in [1.165, 1.54) is 14.0 Å². The van der Waals surface area contributed by atoms with Crippen molar-refractivity contribution in [1.82, 2.24) is 4.90 Å². The third-order valence-corrected chi connectivity index (χ3v) is 6.10. The van der Waals surface area contributed by atoms with Gasteiger partial charge in [-0.25, -0.2) is 4.79 Å². The number of hydrogen-bond donors (Lipinski definition) is 0. The highest BCUT2D eigenvalue weighted by Gasteiger charge is 2.41. The Morgan fingerprint density at radius 3 is 2.70 bits per heavy atom. The third-order valence-electron chi connectivity index (χ3n) is 4.35. The molecule has 2 amide bonds. The van der Waals surface area contributed by atoms with Crippen molar-refractivity contribution in [2.75, 3.05) is 7.11 Å². The lowest BCUT2D eigenvalue weighted by Gasteiger charge is -2.18. The molecule has 0 saturated carbocycles. The molecule has 30 heavy (non-hydrogen) atoms. The minimum Gasteiger partial charge on any atom is -0.488 e. The molecule has 156 valence electrons. The van der Waals surface area contributed by atoms with E-state index in [0.717, 1.165) is 26.7 Å². The monoisotopic (exact) mass is 509 g/mol. The molecule has 1 heterocycles. The van der Waals surface area contributed by atoms with Crippen LogP contribution in [-0.4, -0.2) is 35.2 Å². The molecule has 1 aliphatic heterocycles. The molecular weight excluding hydrogens is 494 g/mol. The zero-order valence-corrected chi connectivity index (χ0v) is 19.2. The molecule has 0 spiro atoms. The second-order valence-electron chi connectivity index (χ2n) is 6.31. The second kappa shape index (κ2) is 9.68. The normalized spacial score (nSPS) is 16.1. The van der Waals surface area contributed by atoms with Crippen molar-refractivity contribution < 1.29 is 23.9 Å². The van der Waals surface area contributed by atoms with Crippen molar-refractivity contribution in [2.24, 2.45) is 0 Å². The van der Waals surface area contributed by atoms with Crippen molar-refractivity contribution in [1.29, 1.82) is 0 Å². The molecule has 2 aromatic rings. The number of esters is 1. The fourth-order valence-electron chi connectivity index (χ4n) is 2.77. The zero-order valence-electron chi connectivity index (χ0n) is 16.1. The first-order valence-corrected chi connectivity index (χ1v) is 10.8. The molecule has 1 saturated heterocycles. The molecule has 0 bridgehead atoms. The first-order chi connectivity index (χ1) is 14.3. The van der Waals surface area contributed by atoms with E-state index >= 15 is 0 Å². The van der Waals surface area contributed by atoms with Crippen LogP contribution >= 0.6 is 39.3 Å². The smallest absolute Gasteiger partial charge is 0.328 e. The number of nitrogens with zero attached hydrogens (tertiary/aromatic N) is 1. The van der Waals surface area contributed by atoms with Crippen LogP contribution in [-0.2, 0) is 20.9 Å². The van der Waals surface area contributed by atoms with Gasteiger partial charge in [-0.05, 0) is 49.0 Å². The number of rotatable bonds is 6. The van der Waals surface area contributed by atoms with Crippen molar-refractivity contribution in [2.45, 2.75) is 19.6 Å². The summed E-state index contributed by atoms with van der Waals surface area (Å²) in [6.45, 7) is 1.69. The van der Waals surface area contributed by atoms with Gasteiger partial charge in [0, 0.05) is 20.6 Å². The fourth-order valence-corrected chi connectivity index (χ4v) is 4.23. The highest BCUT2D eigenvalue weighted by Crippen LogP contribution is 2.36. The van der Waals surface area contributed by atoms with E-state index in [9.17, 15) is 14.4 Å². The van der Waals surface area contributed by atoms with E-state index in [-0.39, 0.29) is 11.5 Å². The van der Waals surface area contributed by atoms with Gasteiger partial charge in [-0.3, -0.25) is 14.5 Å². The van der Waals surface area contributed by atoms with Crippen LogP contribution in [0, 0.1) is 0 Å². The van der Waals surface area contributed by atoms with Crippen molar-refractivity contribution in [3.63, 3.8) is 0 Å². The number of carbonyl (C=O) groups is 3. The summed E-state index contributed by atoms with van der Waals surface area (Å²) in [5, 5.41) is 0.0618. The number of methoxy groups -OCH3 is 1. The van der Waals surface area contributed by atoms with Gasteiger partial charge in [0.15, 0.2) is 0 Å². The van der Waals surface area contributed by atoms with Crippen LogP contribution in [0.5, 0.6) is 5.75 Å². The first kappa shape index (κ1) is 22.4. The summed E-state index contributed by atoms with van der Waals surface area (Å²) in [5.74, 6) is -0.698. The SMILES string of the molecule is COC(=O)[C@@H](C)N1C(=O)S/C(=C/c2cc(Br)ccc2OCc2ccccc2Cl)C1=O. The number of hydrogen-bond acceptors (Lipinski definition) is 6. The molecule has 0 unspecified atom stereocenters. The molecule has 0 aliphatic carbocycles. The Morgan fingerprint density at radius 1 is 1.27 bits per heavy atom. The lowest BCUT2D eigenvalue weighted by atomic mass is 10.1. The van der Waals surface area contributed by atoms with Crippen LogP contribution in [0.15, 0.2) is 51.8 Å². The predicted molar refractivity (Wildman–Crippen MR) is 119 cm³/mol. The maximum Gasteiger partial charge on any atom is 0.328 e. The summed E-state index contributed by atoms with van der Waals surface area (Å²) in [6.07, 6.45) is 1.57. The molecule has 6 nitrogen and oxygen atoms in total. The minimum absolute atomic E-state index is 0.191. The largest absolute Gasteiger partial charge is 0.488 e. The Morgan fingerprint density at radius 2 is 2.00 bits per heavy atom.